The highest BCUT2D eigenvalue weighted by Crippen LogP contribution is 2.24. The largest absolute Gasteiger partial charge is 0.340 e. The summed E-state index contributed by atoms with van der Waals surface area (Å²) in [6, 6.07) is 3.79. The topological polar surface area (TPSA) is 49.4 Å². The van der Waals surface area contributed by atoms with Crippen molar-refractivity contribution in [3.05, 3.63) is 21.9 Å². The first-order valence-electron chi connectivity index (χ1n) is 6.92. The Morgan fingerprint density at radius 1 is 1.40 bits per heavy atom. The zero-order chi connectivity index (χ0) is 15.1. The van der Waals surface area contributed by atoms with E-state index >= 15 is 0 Å². The number of nitrogens with zero attached hydrogens (tertiary/aromatic N) is 1. The fourth-order valence-corrected chi connectivity index (χ4v) is 3.67. The van der Waals surface area contributed by atoms with Gasteiger partial charge in [0, 0.05) is 22.2 Å². The van der Waals surface area contributed by atoms with Crippen molar-refractivity contribution >= 4 is 23.2 Å². The van der Waals surface area contributed by atoms with Crippen molar-refractivity contribution in [2.75, 3.05) is 0 Å². The van der Waals surface area contributed by atoms with Crippen molar-refractivity contribution in [1.29, 1.82) is 0 Å². The van der Waals surface area contributed by atoms with Gasteiger partial charge in [-0.2, -0.15) is 0 Å². The minimum Gasteiger partial charge on any atom is -0.340 e. The standard InChI is InChI=1S/C15H22N2O2S/c1-9(8-12-7-6-10(2)20-12)17-11(3)13(18)16-15(4,5)14(17)19/h6-7,9,11H,8H2,1-5H3,(H,16,18). The second-order valence-electron chi connectivity index (χ2n) is 6.07. The van der Waals surface area contributed by atoms with E-state index in [1.54, 1.807) is 37.0 Å². The molecule has 0 radical (unpaired) electrons. The molecule has 110 valence electrons. The Balaban J connectivity index is 2.19. The van der Waals surface area contributed by atoms with Crippen molar-refractivity contribution in [1.82, 2.24) is 10.2 Å². The number of amides is 2. The molecule has 2 rings (SSSR count). The summed E-state index contributed by atoms with van der Waals surface area (Å²) in [5.74, 6) is -0.0887. The monoisotopic (exact) mass is 294 g/mol. The molecule has 1 aliphatic heterocycles. The fraction of sp³-hybridized carbons (Fsp3) is 0.600. The zero-order valence-corrected chi connectivity index (χ0v) is 13.5. The van der Waals surface area contributed by atoms with Crippen LogP contribution in [0.4, 0.5) is 0 Å². The SMILES string of the molecule is Cc1ccc(CC(C)N2C(=O)C(C)(C)NC(=O)C2C)s1. The van der Waals surface area contributed by atoms with Gasteiger partial charge in [0.2, 0.25) is 11.8 Å². The highest BCUT2D eigenvalue weighted by Gasteiger charge is 2.45. The second kappa shape index (κ2) is 5.20. The third-order valence-corrected chi connectivity index (χ3v) is 4.79. The molecule has 1 aliphatic rings. The van der Waals surface area contributed by atoms with Gasteiger partial charge in [-0.05, 0) is 46.8 Å². The van der Waals surface area contributed by atoms with Crippen LogP contribution in [0, 0.1) is 6.92 Å². The first-order valence-corrected chi connectivity index (χ1v) is 7.74. The van der Waals surface area contributed by atoms with Crippen LogP contribution in [0.2, 0.25) is 0 Å². The van der Waals surface area contributed by atoms with Gasteiger partial charge in [0.25, 0.3) is 0 Å². The van der Waals surface area contributed by atoms with Crippen LogP contribution < -0.4 is 5.32 Å². The maximum atomic E-state index is 12.6. The fourth-order valence-electron chi connectivity index (χ4n) is 2.66. The molecular formula is C15H22N2O2S. The van der Waals surface area contributed by atoms with E-state index in [0.29, 0.717) is 0 Å². The summed E-state index contributed by atoms with van der Waals surface area (Å²) in [4.78, 5) is 28.8. The number of hydrogen-bond acceptors (Lipinski definition) is 3. The van der Waals surface area contributed by atoms with Crippen molar-refractivity contribution in [2.24, 2.45) is 0 Å². The summed E-state index contributed by atoms with van der Waals surface area (Å²) in [7, 11) is 0. The number of piperazine rings is 1. The number of aryl methyl sites for hydroxylation is 1. The van der Waals surface area contributed by atoms with E-state index in [2.05, 4.69) is 24.4 Å². The molecule has 2 amide bonds. The molecule has 20 heavy (non-hydrogen) atoms. The molecule has 1 N–H and O–H groups in total. The van der Waals surface area contributed by atoms with Crippen LogP contribution in [0.3, 0.4) is 0 Å². The molecule has 0 saturated carbocycles. The normalized spacial score (nSPS) is 23.6. The summed E-state index contributed by atoms with van der Waals surface area (Å²) < 4.78 is 0. The highest BCUT2D eigenvalue weighted by molar-refractivity contribution is 7.11. The highest BCUT2D eigenvalue weighted by atomic mass is 32.1. The molecular weight excluding hydrogens is 272 g/mol. The molecule has 2 unspecified atom stereocenters. The van der Waals surface area contributed by atoms with E-state index in [4.69, 9.17) is 0 Å². The number of nitrogens with one attached hydrogen (secondary N) is 1. The van der Waals surface area contributed by atoms with Crippen LogP contribution in [0.5, 0.6) is 0 Å². The summed E-state index contributed by atoms with van der Waals surface area (Å²) >= 11 is 1.74. The van der Waals surface area contributed by atoms with E-state index in [-0.39, 0.29) is 17.9 Å². The molecule has 1 saturated heterocycles. The van der Waals surface area contributed by atoms with Gasteiger partial charge < -0.3 is 10.2 Å². The van der Waals surface area contributed by atoms with Crippen molar-refractivity contribution in [3.63, 3.8) is 0 Å². The number of carbonyl (C=O) groups is 2. The third kappa shape index (κ3) is 2.73. The minimum absolute atomic E-state index is 0.00891. The van der Waals surface area contributed by atoms with E-state index in [0.717, 1.165) is 6.42 Å². The molecule has 1 aromatic heterocycles. The average molecular weight is 294 g/mol. The van der Waals surface area contributed by atoms with Gasteiger partial charge >= 0.3 is 0 Å². The van der Waals surface area contributed by atoms with E-state index in [1.165, 1.54) is 9.75 Å². The lowest BCUT2D eigenvalue weighted by molar-refractivity contribution is -0.155. The molecule has 0 spiro atoms. The number of rotatable bonds is 3. The van der Waals surface area contributed by atoms with Crippen molar-refractivity contribution in [2.45, 2.75) is 58.7 Å². The van der Waals surface area contributed by atoms with Crippen LogP contribution in [0.15, 0.2) is 12.1 Å². The first-order chi connectivity index (χ1) is 9.22. The van der Waals surface area contributed by atoms with Gasteiger partial charge in [0.05, 0.1) is 0 Å². The lowest BCUT2D eigenvalue weighted by Gasteiger charge is -2.44. The zero-order valence-electron chi connectivity index (χ0n) is 12.7. The van der Waals surface area contributed by atoms with Crippen LogP contribution in [-0.2, 0) is 16.0 Å². The van der Waals surface area contributed by atoms with Crippen LogP contribution in [0.25, 0.3) is 0 Å². The predicted octanol–water partition coefficient (Wildman–Crippen LogP) is 2.11. The van der Waals surface area contributed by atoms with Gasteiger partial charge in [0.15, 0.2) is 0 Å². The number of hydrogen-bond donors (Lipinski definition) is 1. The van der Waals surface area contributed by atoms with Crippen LogP contribution >= 0.6 is 11.3 Å². The molecule has 0 aromatic carbocycles. The van der Waals surface area contributed by atoms with Gasteiger partial charge in [0.1, 0.15) is 11.6 Å². The summed E-state index contributed by atoms with van der Waals surface area (Å²) in [6.45, 7) is 9.39. The van der Waals surface area contributed by atoms with Crippen LogP contribution in [-0.4, -0.2) is 34.3 Å². The van der Waals surface area contributed by atoms with Crippen molar-refractivity contribution in [3.8, 4) is 0 Å². The Labute approximate surface area is 124 Å². The number of thiophene rings is 1. The van der Waals surface area contributed by atoms with Gasteiger partial charge in [-0.1, -0.05) is 0 Å². The lowest BCUT2D eigenvalue weighted by atomic mass is 9.95. The first kappa shape index (κ1) is 15.0. The van der Waals surface area contributed by atoms with Gasteiger partial charge in [-0.3, -0.25) is 9.59 Å². The van der Waals surface area contributed by atoms with Gasteiger partial charge in [-0.15, -0.1) is 11.3 Å². The molecule has 1 fully saturated rings. The maximum Gasteiger partial charge on any atom is 0.248 e. The molecule has 5 heteroatoms. The predicted molar refractivity (Wildman–Crippen MR) is 80.8 cm³/mol. The number of carbonyl (C=O) groups excluding carboxylic acids is 2. The Kier molecular flexibility index (Phi) is 3.91. The maximum absolute atomic E-state index is 12.6. The molecule has 1 aromatic rings. The van der Waals surface area contributed by atoms with E-state index in [1.807, 2.05) is 6.92 Å². The van der Waals surface area contributed by atoms with E-state index < -0.39 is 11.6 Å². The lowest BCUT2D eigenvalue weighted by Crippen LogP contribution is -2.69. The van der Waals surface area contributed by atoms with Gasteiger partial charge in [-0.25, -0.2) is 0 Å². The minimum atomic E-state index is -0.816. The quantitative estimate of drug-likeness (QED) is 0.928. The third-order valence-electron chi connectivity index (χ3n) is 3.77. The molecule has 0 bridgehead atoms. The Morgan fingerprint density at radius 2 is 2.05 bits per heavy atom. The summed E-state index contributed by atoms with van der Waals surface area (Å²) in [6.07, 6.45) is 0.790. The smallest absolute Gasteiger partial charge is 0.248 e. The van der Waals surface area contributed by atoms with E-state index in [9.17, 15) is 9.59 Å². The Hall–Kier alpha value is -1.36. The second-order valence-corrected chi connectivity index (χ2v) is 7.44. The molecule has 2 atom stereocenters. The average Bonchev–Trinajstić information content (AvgIpc) is 2.72. The Bertz CT molecular complexity index is 536. The van der Waals surface area contributed by atoms with Crippen molar-refractivity contribution < 1.29 is 9.59 Å². The van der Waals surface area contributed by atoms with Crippen LogP contribution in [0.1, 0.15) is 37.4 Å². The molecule has 2 heterocycles. The summed E-state index contributed by atoms with van der Waals surface area (Å²) in [5.41, 5.74) is -0.816. The molecule has 0 aliphatic carbocycles. The molecule has 4 nitrogen and oxygen atoms in total. The summed E-state index contributed by atoms with van der Waals surface area (Å²) in [5, 5.41) is 2.78. The Morgan fingerprint density at radius 3 is 2.60 bits per heavy atom.